The van der Waals surface area contributed by atoms with Crippen molar-refractivity contribution in [2.24, 2.45) is 4.51 Å². The van der Waals surface area contributed by atoms with Crippen LogP contribution in [0.25, 0.3) is 22.0 Å². The van der Waals surface area contributed by atoms with Gasteiger partial charge in [0.25, 0.3) is 0 Å². The first kappa shape index (κ1) is 12.7. The summed E-state index contributed by atoms with van der Waals surface area (Å²) in [5, 5.41) is 1.30. The third kappa shape index (κ3) is 2.07. The Balaban J connectivity index is 1.92. The molecule has 1 aromatic heterocycles. The van der Waals surface area contributed by atoms with Crippen molar-refractivity contribution in [1.29, 1.82) is 0 Å². The molecule has 1 heterocycles. The molecule has 3 heteroatoms. The zero-order chi connectivity index (χ0) is 14.2. The van der Waals surface area contributed by atoms with Gasteiger partial charge in [0.2, 0.25) is 0 Å². The van der Waals surface area contributed by atoms with E-state index in [2.05, 4.69) is 52.0 Å². The van der Waals surface area contributed by atoms with E-state index >= 15 is 0 Å². The predicted octanol–water partition coefficient (Wildman–Crippen LogP) is 5.11. The molecule has 1 N–H and O–H groups in total. The van der Waals surface area contributed by atoms with E-state index in [0.717, 1.165) is 30.7 Å². The van der Waals surface area contributed by atoms with E-state index in [1.807, 2.05) is 6.07 Å². The van der Waals surface area contributed by atoms with Crippen molar-refractivity contribution in [3.63, 3.8) is 0 Å². The maximum absolute atomic E-state index is 5.73. The Morgan fingerprint density at radius 3 is 2.62 bits per heavy atom. The summed E-state index contributed by atoms with van der Waals surface area (Å²) in [6.07, 6.45) is 3.15. The molecule has 0 saturated heterocycles. The molecule has 0 atom stereocenters. The maximum atomic E-state index is 5.73. The van der Waals surface area contributed by atoms with Gasteiger partial charge in [-0.05, 0) is 48.1 Å². The Morgan fingerprint density at radius 2 is 1.81 bits per heavy atom. The Labute approximate surface area is 128 Å². The number of aromatic amines is 1. The van der Waals surface area contributed by atoms with Gasteiger partial charge in [0.15, 0.2) is 0 Å². The van der Waals surface area contributed by atoms with Crippen molar-refractivity contribution in [3.05, 3.63) is 59.8 Å². The van der Waals surface area contributed by atoms with E-state index in [1.165, 1.54) is 27.6 Å². The van der Waals surface area contributed by atoms with Crippen LogP contribution in [-0.2, 0) is 6.42 Å². The molecule has 2 aromatic carbocycles. The molecule has 21 heavy (non-hydrogen) atoms. The zero-order valence-corrected chi connectivity index (χ0v) is 12.3. The zero-order valence-electron chi connectivity index (χ0n) is 11.6. The number of halogens is 1. The summed E-state index contributed by atoms with van der Waals surface area (Å²) in [6.45, 7) is 0. The molecule has 0 saturated carbocycles. The van der Waals surface area contributed by atoms with Crippen LogP contribution in [0, 0.1) is 0 Å². The molecule has 0 fully saturated rings. The maximum Gasteiger partial charge on any atom is 0.0788 e. The monoisotopic (exact) mass is 294 g/mol. The fourth-order valence-corrected chi connectivity index (χ4v) is 3.38. The van der Waals surface area contributed by atoms with Crippen LogP contribution in [0.5, 0.6) is 0 Å². The fraction of sp³-hybridized carbons (Fsp3) is 0.167. The van der Waals surface area contributed by atoms with Crippen LogP contribution in [0.4, 0.5) is 0 Å². The number of nitrogens with one attached hydrogen (secondary N) is 1. The van der Waals surface area contributed by atoms with Crippen molar-refractivity contribution in [1.82, 2.24) is 4.98 Å². The van der Waals surface area contributed by atoms with Crippen molar-refractivity contribution >= 4 is 28.4 Å². The minimum atomic E-state index is 0.953. The van der Waals surface area contributed by atoms with Crippen LogP contribution in [-0.4, -0.2) is 10.7 Å². The van der Waals surface area contributed by atoms with Gasteiger partial charge in [-0.15, -0.1) is 0 Å². The second kappa shape index (κ2) is 5.05. The third-order valence-electron chi connectivity index (χ3n) is 4.24. The number of fused-ring (bicyclic) bond motifs is 3. The lowest BCUT2D eigenvalue weighted by atomic mass is 9.93. The van der Waals surface area contributed by atoms with Crippen LogP contribution in [0.3, 0.4) is 0 Å². The van der Waals surface area contributed by atoms with Gasteiger partial charge in [0, 0.05) is 22.7 Å². The third-order valence-corrected chi connectivity index (χ3v) is 4.45. The van der Waals surface area contributed by atoms with E-state index in [4.69, 9.17) is 11.8 Å². The van der Waals surface area contributed by atoms with Gasteiger partial charge in [-0.3, -0.25) is 0 Å². The average molecular weight is 295 g/mol. The van der Waals surface area contributed by atoms with Crippen LogP contribution >= 0.6 is 11.8 Å². The molecule has 3 aromatic rings. The smallest absolute Gasteiger partial charge is 0.0788 e. The first-order valence-corrected chi connectivity index (χ1v) is 7.59. The lowest BCUT2D eigenvalue weighted by Crippen LogP contribution is -2.10. The van der Waals surface area contributed by atoms with Gasteiger partial charge in [-0.2, -0.15) is 4.51 Å². The summed E-state index contributed by atoms with van der Waals surface area (Å²) in [5.41, 5.74) is 7.12. The number of H-pyrrole nitrogens is 1. The second-order valence-corrected chi connectivity index (χ2v) is 5.66. The molecule has 1 aliphatic rings. The standard InChI is InChI=1S/C18H15ClN2/c19-21-17-8-4-7-14-15-11-13(12-5-2-1-3-6-12)9-10-16(15)20-18(14)17/h1-3,5-6,9-11,20H,4,7-8H2/b21-17+. The van der Waals surface area contributed by atoms with E-state index in [1.54, 1.807) is 0 Å². The van der Waals surface area contributed by atoms with Crippen molar-refractivity contribution in [2.75, 3.05) is 0 Å². The summed E-state index contributed by atoms with van der Waals surface area (Å²) in [7, 11) is 0. The minimum absolute atomic E-state index is 0.953. The second-order valence-electron chi connectivity index (χ2n) is 5.49. The Kier molecular flexibility index (Phi) is 3.04. The molecule has 104 valence electrons. The van der Waals surface area contributed by atoms with E-state index in [-0.39, 0.29) is 0 Å². The summed E-state index contributed by atoms with van der Waals surface area (Å²) < 4.78 is 3.92. The number of aromatic nitrogens is 1. The van der Waals surface area contributed by atoms with Crippen LogP contribution in [0.2, 0.25) is 0 Å². The fourth-order valence-electron chi connectivity index (χ4n) is 3.21. The summed E-state index contributed by atoms with van der Waals surface area (Å²) in [5.74, 6) is 0. The number of rotatable bonds is 1. The first-order valence-electron chi connectivity index (χ1n) is 7.25. The molecule has 0 radical (unpaired) electrons. The van der Waals surface area contributed by atoms with Gasteiger partial charge in [0.05, 0.1) is 11.4 Å². The van der Waals surface area contributed by atoms with Crippen LogP contribution < -0.4 is 0 Å². The number of benzene rings is 2. The van der Waals surface area contributed by atoms with Gasteiger partial charge in [-0.25, -0.2) is 0 Å². The summed E-state index contributed by atoms with van der Waals surface area (Å²) >= 11 is 5.73. The highest BCUT2D eigenvalue weighted by molar-refractivity contribution is 6.23. The van der Waals surface area contributed by atoms with Crippen molar-refractivity contribution in [2.45, 2.75) is 19.3 Å². The molecule has 4 rings (SSSR count). The lowest BCUT2D eigenvalue weighted by molar-refractivity contribution is 0.843. The highest BCUT2D eigenvalue weighted by Crippen LogP contribution is 2.32. The normalized spacial score (nSPS) is 16.3. The van der Waals surface area contributed by atoms with E-state index in [9.17, 15) is 0 Å². The van der Waals surface area contributed by atoms with Gasteiger partial charge in [0.1, 0.15) is 0 Å². The number of aryl methyl sites for hydroxylation is 1. The highest BCUT2D eigenvalue weighted by Gasteiger charge is 2.20. The molecule has 0 amide bonds. The van der Waals surface area contributed by atoms with Gasteiger partial charge < -0.3 is 4.98 Å². The largest absolute Gasteiger partial charge is 0.353 e. The Bertz CT molecular complexity index is 831. The summed E-state index contributed by atoms with van der Waals surface area (Å²) in [6, 6.07) is 17.1. The number of hydrogen-bond acceptors (Lipinski definition) is 1. The van der Waals surface area contributed by atoms with Gasteiger partial charge >= 0.3 is 0 Å². The van der Waals surface area contributed by atoms with Crippen LogP contribution in [0.1, 0.15) is 24.1 Å². The number of hydrogen-bond donors (Lipinski definition) is 1. The average Bonchev–Trinajstić information content (AvgIpc) is 2.93. The van der Waals surface area contributed by atoms with Crippen molar-refractivity contribution in [3.8, 4) is 11.1 Å². The highest BCUT2D eigenvalue weighted by atomic mass is 35.5. The van der Waals surface area contributed by atoms with E-state index in [0.29, 0.717) is 0 Å². The Hall–Kier alpha value is -2.06. The molecule has 2 nitrogen and oxygen atoms in total. The molecule has 0 aliphatic heterocycles. The quantitative estimate of drug-likeness (QED) is 0.646. The van der Waals surface area contributed by atoms with Crippen molar-refractivity contribution < 1.29 is 0 Å². The molecule has 0 unspecified atom stereocenters. The van der Waals surface area contributed by atoms with Crippen LogP contribution in [0.15, 0.2) is 53.0 Å². The van der Waals surface area contributed by atoms with E-state index < -0.39 is 0 Å². The topological polar surface area (TPSA) is 28.1 Å². The molecule has 1 aliphatic carbocycles. The molecule has 0 spiro atoms. The molecule has 0 bridgehead atoms. The van der Waals surface area contributed by atoms with Gasteiger partial charge in [-0.1, -0.05) is 36.4 Å². The molecular weight excluding hydrogens is 280 g/mol. The number of nitrogens with zero attached hydrogens (tertiary/aromatic N) is 1. The Morgan fingerprint density at radius 1 is 0.952 bits per heavy atom. The predicted molar refractivity (Wildman–Crippen MR) is 89.1 cm³/mol. The lowest BCUT2D eigenvalue weighted by Gasteiger charge is -2.12. The summed E-state index contributed by atoms with van der Waals surface area (Å²) in [4.78, 5) is 3.48. The first-order chi connectivity index (χ1) is 10.4. The minimum Gasteiger partial charge on any atom is -0.353 e. The molecular formula is C18H15ClN2. The SMILES string of the molecule is Cl/N=C1\CCCc2c1[nH]c1ccc(-c3ccccc3)cc21.